The monoisotopic (exact) mass is 368 g/mol. The third kappa shape index (κ3) is 11.5. The summed E-state index contributed by atoms with van der Waals surface area (Å²) in [4.78, 5) is 0. The highest BCUT2D eigenvalue weighted by molar-refractivity contribution is 5.49. The molecule has 0 amide bonds. The average Bonchev–Trinajstić information content (AvgIpc) is 2.74. The lowest BCUT2D eigenvalue weighted by Gasteiger charge is -2.10. The van der Waals surface area contributed by atoms with Crippen molar-refractivity contribution in [3.63, 3.8) is 0 Å². The van der Waals surface area contributed by atoms with Gasteiger partial charge in [0.15, 0.2) is 0 Å². The molecule has 0 radical (unpaired) electrons. The maximum absolute atomic E-state index is 3.63. The predicted octanol–water partition coefficient (Wildman–Crippen LogP) is 8.41. The van der Waals surface area contributed by atoms with Crippen LogP contribution in [0.4, 0.5) is 0 Å². The van der Waals surface area contributed by atoms with E-state index in [2.05, 4.69) is 70.3 Å². The van der Waals surface area contributed by atoms with Gasteiger partial charge in [-0.3, -0.25) is 0 Å². The van der Waals surface area contributed by atoms with Crippen molar-refractivity contribution in [2.75, 3.05) is 0 Å². The third-order valence-corrected chi connectivity index (χ3v) is 3.65. The standard InChI is InChI=1S/C12H16.2C8H8/c1-12(2,3)10-9-11-7-5-4-6-8-11;2*1-2-8-6-4-3-5-7-8/h4-10H,1-3H3;2*2-7H,1H2. The molecular weight excluding hydrogens is 336 g/mol. The van der Waals surface area contributed by atoms with Gasteiger partial charge in [-0.2, -0.15) is 0 Å². The molecule has 3 rings (SSSR count). The van der Waals surface area contributed by atoms with Crippen molar-refractivity contribution in [1.82, 2.24) is 0 Å². The number of hydrogen-bond acceptors (Lipinski definition) is 0. The van der Waals surface area contributed by atoms with E-state index in [0.29, 0.717) is 0 Å². The average molecular weight is 369 g/mol. The van der Waals surface area contributed by atoms with Crippen LogP contribution in [0.25, 0.3) is 18.2 Å². The Morgan fingerprint density at radius 2 is 0.857 bits per heavy atom. The van der Waals surface area contributed by atoms with Gasteiger partial charge in [0, 0.05) is 0 Å². The zero-order chi connectivity index (χ0) is 20.7. The van der Waals surface area contributed by atoms with Gasteiger partial charge in [-0.05, 0) is 22.1 Å². The normalized spacial score (nSPS) is 10.1. The van der Waals surface area contributed by atoms with Gasteiger partial charge in [0.05, 0.1) is 0 Å². The first kappa shape index (κ1) is 22.9. The lowest BCUT2D eigenvalue weighted by molar-refractivity contribution is 0.547. The molecule has 0 heteroatoms. The second kappa shape index (κ2) is 13.1. The summed E-state index contributed by atoms with van der Waals surface area (Å²) in [5, 5.41) is 0. The molecule has 0 saturated heterocycles. The summed E-state index contributed by atoms with van der Waals surface area (Å²) in [5.41, 5.74) is 3.89. The lowest BCUT2D eigenvalue weighted by atomic mass is 9.95. The SMILES string of the molecule is C=Cc1ccccc1.C=Cc1ccccc1.CC(C)(C)C=Cc1ccccc1. The van der Waals surface area contributed by atoms with Crippen LogP contribution in [0.15, 0.2) is 110 Å². The molecule has 0 aromatic heterocycles. The van der Waals surface area contributed by atoms with E-state index in [1.807, 2.05) is 78.9 Å². The van der Waals surface area contributed by atoms with Crippen LogP contribution >= 0.6 is 0 Å². The first-order valence-corrected chi connectivity index (χ1v) is 9.54. The Bertz CT molecular complexity index is 761. The van der Waals surface area contributed by atoms with Gasteiger partial charge in [-0.1, -0.05) is 149 Å². The summed E-state index contributed by atoms with van der Waals surface area (Å²) < 4.78 is 0. The largest absolute Gasteiger partial charge is 0.0985 e. The molecule has 0 atom stereocenters. The molecule has 0 aliphatic carbocycles. The second-order valence-electron chi connectivity index (χ2n) is 7.34. The van der Waals surface area contributed by atoms with Crippen molar-refractivity contribution < 1.29 is 0 Å². The van der Waals surface area contributed by atoms with Crippen LogP contribution in [0, 0.1) is 5.41 Å². The Morgan fingerprint density at radius 3 is 1.11 bits per heavy atom. The van der Waals surface area contributed by atoms with Gasteiger partial charge < -0.3 is 0 Å². The number of allylic oxidation sites excluding steroid dienone is 1. The van der Waals surface area contributed by atoms with E-state index in [4.69, 9.17) is 0 Å². The number of hydrogen-bond donors (Lipinski definition) is 0. The van der Waals surface area contributed by atoms with Crippen molar-refractivity contribution in [2.24, 2.45) is 5.41 Å². The minimum atomic E-state index is 0.274. The molecule has 0 saturated carbocycles. The molecule has 144 valence electrons. The zero-order valence-electron chi connectivity index (χ0n) is 17.4. The second-order valence-corrected chi connectivity index (χ2v) is 7.34. The summed E-state index contributed by atoms with van der Waals surface area (Å²) in [6.45, 7) is 13.9. The first-order valence-electron chi connectivity index (χ1n) is 9.54. The lowest BCUT2D eigenvalue weighted by Crippen LogP contribution is -1.97. The molecule has 0 N–H and O–H groups in total. The fraction of sp³-hybridized carbons (Fsp3) is 0.143. The fourth-order valence-electron chi connectivity index (χ4n) is 2.09. The van der Waals surface area contributed by atoms with E-state index in [0.717, 1.165) is 0 Å². The minimum absolute atomic E-state index is 0.274. The van der Waals surface area contributed by atoms with Crippen molar-refractivity contribution >= 4 is 18.2 Å². The Morgan fingerprint density at radius 1 is 0.536 bits per heavy atom. The molecule has 0 heterocycles. The van der Waals surface area contributed by atoms with Gasteiger partial charge >= 0.3 is 0 Å². The molecule has 0 nitrogen and oxygen atoms in total. The van der Waals surface area contributed by atoms with Crippen LogP contribution in [-0.4, -0.2) is 0 Å². The smallest absolute Gasteiger partial charge is 0.0200 e. The van der Waals surface area contributed by atoms with Gasteiger partial charge in [0.25, 0.3) is 0 Å². The maximum atomic E-state index is 3.63. The van der Waals surface area contributed by atoms with E-state index in [-0.39, 0.29) is 5.41 Å². The quantitative estimate of drug-likeness (QED) is 0.435. The van der Waals surface area contributed by atoms with Crippen LogP contribution in [0.1, 0.15) is 37.5 Å². The molecule has 0 aliphatic heterocycles. The topological polar surface area (TPSA) is 0 Å². The minimum Gasteiger partial charge on any atom is -0.0985 e. The zero-order valence-corrected chi connectivity index (χ0v) is 17.4. The molecule has 28 heavy (non-hydrogen) atoms. The summed E-state index contributed by atoms with van der Waals surface area (Å²) in [6, 6.07) is 30.4. The van der Waals surface area contributed by atoms with Crippen molar-refractivity contribution in [1.29, 1.82) is 0 Å². The van der Waals surface area contributed by atoms with E-state index >= 15 is 0 Å². The van der Waals surface area contributed by atoms with Crippen LogP contribution in [0.2, 0.25) is 0 Å². The van der Waals surface area contributed by atoms with E-state index in [1.165, 1.54) is 16.7 Å². The van der Waals surface area contributed by atoms with Crippen LogP contribution in [0.5, 0.6) is 0 Å². The number of rotatable bonds is 3. The van der Waals surface area contributed by atoms with Crippen LogP contribution < -0.4 is 0 Å². The van der Waals surface area contributed by atoms with Crippen LogP contribution in [0.3, 0.4) is 0 Å². The van der Waals surface area contributed by atoms with Crippen molar-refractivity contribution in [2.45, 2.75) is 20.8 Å². The van der Waals surface area contributed by atoms with Gasteiger partial charge in [0.2, 0.25) is 0 Å². The van der Waals surface area contributed by atoms with E-state index in [9.17, 15) is 0 Å². The molecule has 0 fully saturated rings. The van der Waals surface area contributed by atoms with E-state index < -0.39 is 0 Å². The summed E-state index contributed by atoms with van der Waals surface area (Å²) in [7, 11) is 0. The van der Waals surface area contributed by atoms with Gasteiger partial charge in [0.1, 0.15) is 0 Å². The molecule has 0 bridgehead atoms. The number of benzene rings is 3. The fourth-order valence-corrected chi connectivity index (χ4v) is 2.09. The van der Waals surface area contributed by atoms with Gasteiger partial charge in [-0.25, -0.2) is 0 Å². The summed E-state index contributed by atoms with van der Waals surface area (Å²) in [6.07, 6.45) is 8.06. The molecule has 3 aromatic carbocycles. The summed E-state index contributed by atoms with van der Waals surface area (Å²) >= 11 is 0. The first-order chi connectivity index (χ1) is 13.4. The third-order valence-electron chi connectivity index (χ3n) is 3.65. The molecule has 0 aliphatic rings. The Kier molecular flexibility index (Phi) is 10.7. The Balaban J connectivity index is 0.000000217. The highest BCUT2D eigenvalue weighted by atomic mass is 14.1. The van der Waals surface area contributed by atoms with Gasteiger partial charge in [-0.15, -0.1) is 0 Å². The predicted molar refractivity (Wildman–Crippen MR) is 128 cm³/mol. The summed E-state index contributed by atoms with van der Waals surface area (Å²) in [5.74, 6) is 0. The molecule has 0 unspecified atom stereocenters. The van der Waals surface area contributed by atoms with Crippen molar-refractivity contribution in [3.8, 4) is 0 Å². The highest BCUT2D eigenvalue weighted by Crippen LogP contribution is 2.16. The van der Waals surface area contributed by atoms with E-state index in [1.54, 1.807) is 0 Å². The highest BCUT2D eigenvalue weighted by Gasteiger charge is 2.02. The Labute approximate surface area is 171 Å². The molecule has 0 spiro atoms. The Hall–Kier alpha value is -3.12. The van der Waals surface area contributed by atoms with Crippen molar-refractivity contribution in [3.05, 3.63) is 127 Å². The molecular formula is C28H32. The van der Waals surface area contributed by atoms with Crippen LogP contribution in [-0.2, 0) is 0 Å². The molecule has 3 aromatic rings. The maximum Gasteiger partial charge on any atom is -0.0200 e.